The zero-order valence-electron chi connectivity index (χ0n) is 17.4. The standard InChI is InChI=1S/C24H28N2O4/c1-24(2,28)15-30-19-9-7-18(8-10-19)26-23(27)17-5-3-16(4-6-17)22-20-12-14-29-21(20)11-13-25-22/h3-6,11-14,18-19,28H,7-10,15H2,1-2H3,(H,26,27)/t18-,19+. The molecule has 1 aliphatic carbocycles. The largest absolute Gasteiger partial charge is 0.464 e. The predicted molar refractivity (Wildman–Crippen MR) is 115 cm³/mol. The molecule has 4 rings (SSSR count). The molecule has 0 atom stereocenters. The molecule has 1 aliphatic rings. The lowest BCUT2D eigenvalue weighted by atomic mass is 9.92. The molecule has 0 aliphatic heterocycles. The first-order valence-electron chi connectivity index (χ1n) is 10.5. The highest BCUT2D eigenvalue weighted by molar-refractivity contribution is 5.96. The van der Waals surface area contributed by atoms with Gasteiger partial charge in [0, 0.05) is 28.8 Å². The topological polar surface area (TPSA) is 84.6 Å². The number of amides is 1. The van der Waals surface area contributed by atoms with Gasteiger partial charge in [0.25, 0.3) is 5.91 Å². The van der Waals surface area contributed by atoms with E-state index in [1.165, 1.54) is 0 Å². The minimum absolute atomic E-state index is 0.0584. The van der Waals surface area contributed by atoms with Gasteiger partial charge in [-0.3, -0.25) is 9.78 Å². The first kappa shape index (κ1) is 20.6. The highest BCUT2D eigenvalue weighted by atomic mass is 16.5. The number of pyridine rings is 1. The van der Waals surface area contributed by atoms with Gasteiger partial charge in [0.15, 0.2) is 0 Å². The molecule has 1 saturated carbocycles. The molecule has 1 aromatic carbocycles. The zero-order chi connectivity index (χ0) is 21.1. The Hall–Kier alpha value is -2.70. The summed E-state index contributed by atoms with van der Waals surface area (Å²) in [4.78, 5) is 17.1. The molecule has 0 bridgehead atoms. The van der Waals surface area contributed by atoms with Crippen LogP contribution in [0.5, 0.6) is 0 Å². The van der Waals surface area contributed by atoms with E-state index >= 15 is 0 Å². The van der Waals surface area contributed by atoms with Gasteiger partial charge in [-0.2, -0.15) is 0 Å². The van der Waals surface area contributed by atoms with Crippen molar-refractivity contribution in [1.82, 2.24) is 10.3 Å². The molecule has 2 N–H and O–H groups in total. The summed E-state index contributed by atoms with van der Waals surface area (Å²) in [5.41, 5.74) is 2.42. The Bertz CT molecular complexity index is 996. The summed E-state index contributed by atoms with van der Waals surface area (Å²) in [5, 5.41) is 13.9. The Morgan fingerprint density at radius 1 is 1.17 bits per heavy atom. The third-order valence-electron chi connectivity index (χ3n) is 5.48. The molecule has 2 heterocycles. The van der Waals surface area contributed by atoms with Crippen LogP contribution < -0.4 is 5.32 Å². The molecule has 30 heavy (non-hydrogen) atoms. The van der Waals surface area contributed by atoms with E-state index in [2.05, 4.69) is 10.3 Å². The van der Waals surface area contributed by atoms with Crippen LogP contribution >= 0.6 is 0 Å². The molecule has 6 nitrogen and oxygen atoms in total. The minimum atomic E-state index is -0.810. The summed E-state index contributed by atoms with van der Waals surface area (Å²) in [5.74, 6) is -0.0584. The van der Waals surface area contributed by atoms with Crippen molar-refractivity contribution in [3.63, 3.8) is 0 Å². The number of hydrogen-bond acceptors (Lipinski definition) is 5. The van der Waals surface area contributed by atoms with Gasteiger partial charge in [-0.25, -0.2) is 0 Å². The predicted octanol–water partition coefficient (Wildman–Crippen LogP) is 4.32. The highest BCUT2D eigenvalue weighted by Crippen LogP contribution is 2.27. The fourth-order valence-electron chi connectivity index (χ4n) is 3.87. The monoisotopic (exact) mass is 408 g/mol. The van der Waals surface area contributed by atoms with Crippen molar-refractivity contribution in [2.75, 3.05) is 6.61 Å². The lowest BCUT2D eigenvalue weighted by Gasteiger charge is -2.30. The van der Waals surface area contributed by atoms with Crippen molar-refractivity contribution >= 4 is 16.9 Å². The number of ether oxygens (including phenoxy) is 1. The Labute approximate surface area is 176 Å². The van der Waals surface area contributed by atoms with Crippen LogP contribution in [0.1, 0.15) is 49.9 Å². The highest BCUT2D eigenvalue weighted by Gasteiger charge is 2.25. The fraction of sp³-hybridized carbons (Fsp3) is 0.417. The van der Waals surface area contributed by atoms with E-state index in [0.29, 0.717) is 12.2 Å². The van der Waals surface area contributed by atoms with Crippen LogP contribution in [0.4, 0.5) is 0 Å². The lowest BCUT2D eigenvalue weighted by molar-refractivity contribution is -0.0640. The maximum atomic E-state index is 12.7. The Morgan fingerprint density at radius 3 is 2.60 bits per heavy atom. The molecule has 0 radical (unpaired) electrons. The molecular weight excluding hydrogens is 380 g/mol. The maximum absolute atomic E-state index is 12.7. The molecular formula is C24H28N2O4. The average Bonchev–Trinajstić information content (AvgIpc) is 3.22. The Balaban J connectivity index is 1.33. The molecule has 0 saturated heterocycles. The third kappa shape index (κ3) is 4.89. The summed E-state index contributed by atoms with van der Waals surface area (Å²) in [7, 11) is 0. The molecule has 1 amide bonds. The number of benzene rings is 1. The van der Waals surface area contributed by atoms with Crippen LogP contribution in [-0.4, -0.2) is 40.4 Å². The van der Waals surface area contributed by atoms with E-state index in [9.17, 15) is 9.90 Å². The van der Waals surface area contributed by atoms with Crippen LogP contribution in [-0.2, 0) is 4.74 Å². The summed E-state index contributed by atoms with van der Waals surface area (Å²) in [6.07, 6.45) is 7.08. The van der Waals surface area contributed by atoms with Gasteiger partial charge in [0.05, 0.1) is 30.3 Å². The number of nitrogens with one attached hydrogen (secondary N) is 1. The quantitative estimate of drug-likeness (QED) is 0.634. The molecule has 0 unspecified atom stereocenters. The molecule has 2 aromatic heterocycles. The maximum Gasteiger partial charge on any atom is 0.251 e. The Kier molecular flexibility index (Phi) is 5.88. The van der Waals surface area contributed by atoms with Gasteiger partial charge in [0.1, 0.15) is 5.58 Å². The first-order valence-corrected chi connectivity index (χ1v) is 10.5. The SMILES string of the molecule is CC(C)(O)CO[C@H]1CC[C@@H](NC(=O)c2ccc(-c3nccc4occc34)cc2)CC1. The number of carbonyl (C=O) groups excluding carboxylic acids is 1. The third-order valence-corrected chi connectivity index (χ3v) is 5.48. The van der Waals surface area contributed by atoms with Gasteiger partial charge in [-0.1, -0.05) is 12.1 Å². The number of aliphatic hydroxyl groups is 1. The molecule has 3 aromatic rings. The van der Waals surface area contributed by atoms with Crippen LogP contribution in [0.3, 0.4) is 0 Å². The van der Waals surface area contributed by atoms with Crippen LogP contribution in [0.25, 0.3) is 22.2 Å². The zero-order valence-corrected chi connectivity index (χ0v) is 17.4. The number of aromatic nitrogens is 1. The lowest BCUT2D eigenvalue weighted by Crippen LogP contribution is -2.40. The normalized spacial score (nSPS) is 19.7. The molecule has 1 fully saturated rings. The van der Waals surface area contributed by atoms with Crippen molar-refractivity contribution in [2.45, 2.75) is 57.3 Å². The van der Waals surface area contributed by atoms with E-state index in [0.717, 1.165) is 47.9 Å². The fourth-order valence-corrected chi connectivity index (χ4v) is 3.87. The molecule has 0 spiro atoms. The van der Waals surface area contributed by atoms with E-state index in [-0.39, 0.29) is 18.1 Å². The van der Waals surface area contributed by atoms with Crippen LogP contribution in [0.2, 0.25) is 0 Å². The number of fused-ring (bicyclic) bond motifs is 1. The number of nitrogens with zero attached hydrogens (tertiary/aromatic N) is 1. The van der Waals surface area contributed by atoms with Crippen LogP contribution in [0, 0.1) is 0 Å². The molecule has 158 valence electrons. The van der Waals surface area contributed by atoms with E-state index in [1.807, 2.05) is 36.4 Å². The van der Waals surface area contributed by atoms with Crippen molar-refractivity contribution in [1.29, 1.82) is 0 Å². The van der Waals surface area contributed by atoms with Gasteiger partial charge in [-0.15, -0.1) is 0 Å². The van der Waals surface area contributed by atoms with Gasteiger partial charge in [-0.05, 0) is 63.8 Å². The Morgan fingerprint density at radius 2 is 1.90 bits per heavy atom. The second-order valence-corrected chi connectivity index (χ2v) is 8.64. The van der Waals surface area contributed by atoms with Crippen molar-refractivity contribution in [3.8, 4) is 11.3 Å². The number of hydrogen-bond donors (Lipinski definition) is 2. The second kappa shape index (κ2) is 8.58. The van der Waals surface area contributed by atoms with Gasteiger partial charge < -0.3 is 19.6 Å². The molecule has 6 heteroatoms. The smallest absolute Gasteiger partial charge is 0.251 e. The van der Waals surface area contributed by atoms with Crippen molar-refractivity contribution < 1.29 is 19.1 Å². The van der Waals surface area contributed by atoms with Gasteiger partial charge in [0.2, 0.25) is 0 Å². The number of carbonyl (C=O) groups is 1. The van der Waals surface area contributed by atoms with E-state index in [4.69, 9.17) is 9.15 Å². The van der Waals surface area contributed by atoms with Crippen molar-refractivity contribution in [3.05, 3.63) is 54.4 Å². The van der Waals surface area contributed by atoms with Crippen molar-refractivity contribution in [2.24, 2.45) is 0 Å². The average molecular weight is 408 g/mol. The minimum Gasteiger partial charge on any atom is -0.464 e. The first-order chi connectivity index (χ1) is 14.4. The van der Waals surface area contributed by atoms with E-state index < -0.39 is 5.60 Å². The summed E-state index contributed by atoms with van der Waals surface area (Å²) >= 11 is 0. The summed E-state index contributed by atoms with van der Waals surface area (Å²) < 4.78 is 11.2. The second-order valence-electron chi connectivity index (χ2n) is 8.64. The number of furan rings is 1. The van der Waals surface area contributed by atoms with E-state index in [1.54, 1.807) is 26.3 Å². The van der Waals surface area contributed by atoms with Crippen LogP contribution in [0.15, 0.2) is 53.3 Å². The van der Waals surface area contributed by atoms with Gasteiger partial charge >= 0.3 is 0 Å². The summed E-state index contributed by atoms with van der Waals surface area (Å²) in [6.45, 7) is 3.83. The number of rotatable bonds is 6. The summed E-state index contributed by atoms with van der Waals surface area (Å²) in [6, 6.07) is 11.4.